The van der Waals surface area contributed by atoms with E-state index in [1.54, 1.807) is 21.6 Å². The van der Waals surface area contributed by atoms with Crippen molar-refractivity contribution in [1.29, 1.82) is 0 Å². The smallest absolute Gasteiger partial charge is 0.0940 e. The summed E-state index contributed by atoms with van der Waals surface area (Å²) in [6.07, 6.45) is 0. The summed E-state index contributed by atoms with van der Waals surface area (Å²) in [5.41, 5.74) is 0. The average molecular weight is 268 g/mol. The van der Waals surface area contributed by atoms with Crippen LogP contribution in [0.1, 0.15) is 20.8 Å². The maximum absolute atomic E-state index is 5.83. The fourth-order valence-electron chi connectivity index (χ4n) is 0.685. The van der Waals surface area contributed by atoms with Gasteiger partial charge in [-0.15, -0.1) is 0 Å². The minimum Gasteiger partial charge on any atom is -0.0940 e. The van der Waals surface area contributed by atoms with Crippen LogP contribution in [0.4, 0.5) is 0 Å². The van der Waals surface area contributed by atoms with Crippen molar-refractivity contribution in [2.75, 3.05) is 5.75 Å². The molecule has 0 nitrogen and oxygen atoms in total. The van der Waals surface area contributed by atoms with Gasteiger partial charge in [-0.1, -0.05) is 77.2 Å². The Kier molecular flexibility index (Phi) is 6.93. The van der Waals surface area contributed by atoms with Crippen molar-refractivity contribution in [2.24, 2.45) is 5.92 Å². The standard InChI is InChI=1S/C7H13Cl3S2/c1-4-11-12-6(5(2)3)7(8,9)10/h5-6H,4H2,1-3H3/t6-/m0/s1. The number of rotatable bonds is 4. The Balaban J connectivity index is 4.05. The van der Waals surface area contributed by atoms with Crippen LogP contribution in [0.2, 0.25) is 0 Å². The van der Waals surface area contributed by atoms with Gasteiger partial charge in [0.2, 0.25) is 3.79 Å². The molecule has 0 radical (unpaired) electrons. The maximum atomic E-state index is 5.83. The van der Waals surface area contributed by atoms with Crippen LogP contribution in [0.3, 0.4) is 0 Å². The first-order chi connectivity index (χ1) is 5.39. The molecule has 0 aliphatic rings. The van der Waals surface area contributed by atoms with E-state index in [0.717, 1.165) is 5.75 Å². The van der Waals surface area contributed by atoms with Gasteiger partial charge < -0.3 is 0 Å². The van der Waals surface area contributed by atoms with E-state index in [9.17, 15) is 0 Å². The van der Waals surface area contributed by atoms with E-state index in [-0.39, 0.29) is 5.25 Å². The van der Waals surface area contributed by atoms with Gasteiger partial charge in [-0.25, -0.2) is 0 Å². The lowest BCUT2D eigenvalue weighted by atomic mass is 10.1. The van der Waals surface area contributed by atoms with Crippen molar-refractivity contribution in [3.05, 3.63) is 0 Å². The van der Waals surface area contributed by atoms with E-state index >= 15 is 0 Å². The van der Waals surface area contributed by atoms with Crippen LogP contribution < -0.4 is 0 Å². The molecule has 0 rings (SSSR count). The van der Waals surface area contributed by atoms with E-state index in [2.05, 4.69) is 20.8 Å². The zero-order valence-electron chi connectivity index (χ0n) is 7.31. The van der Waals surface area contributed by atoms with Gasteiger partial charge in [-0.05, 0) is 5.92 Å². The predicted molar refractivity (Wildman–Crippen MR) is 64.6 cm³/mol. The fraction of sp³-hybridized carbons (Fsp3) is 1.00. The van der Waals surface area contributed by atoms with Crippen LogP contribution in [-0.4, -0.2) is 14.8 Å². The molecule has 0 N–H and O–H groups in total. The Morgan fingerprint density at radius 1 is 1.25 bits per heavy atom. The Morgan fingerprint density at radius 2 is 1.75 bits per heavy atom. The minimum absolute atomic E-state index is 0.0625. The second-order valence-corrected chi connectivity index (χ2v) is 7.88. The van der Waals surface area contributed by atoms with Gasteiger partial charge >= 0.3 is 0 Å². The minimum atomic E-state index is -1.15. The first kappa shape index (κ1) is 13.6. The molecule has 0 saturated heterocycles. The summed E-state index contributed by atoms with van der Waals surface area (Å²) in [6, 6.07) is 0. The van der Waals surface area contributed by atoms with Crippen LogP contribution in [0.15, 0.2) is 0 Å². The number of alkyl halides is 3. The Morgan fingerprint density at radius 3 is 2.00 bits per heavy atom. The highest BCUT2D eigenvalue weighted by Gasteiger charge is 2.35. The van der Waals surface area contributed by atoms with E-state index in [1.807, 2.05) is 0 Å². The summed E-state index contributed by atoms with van der Waals surface area (Å²) in [5.74, 6) is 1.41. The third-order valence-electron chi connectivity index (χ3n) is 1.22. The van der Waals surface area contributed by atoms with E-state index < -0.39 is 3.79 Å². The quantitative estimate of drug-likeness (QED) is 0.531. The highest BCUT2D eigenvalue weighted by atomic mass is 35.6. The molecule has 0 heterocycles. The summed E-state index contributed by atoms with van der Waals surface area (Å²) in [4.78, 5) is 0. The second-order valence-electron chi connectivity index (χ2n) is 2.71. The molecule has 0 aromatic heterocycles. The topological polar surface area (TPSA) is 0 Å². The summed E-state index contributed by atoms with van der Waals surface area (Å²) < 4.78 is -1.15. The molecule has 5 heteroatoms. The molecule has 74 valence electrons. The molecule has 0 aliphatic heterocycles. The molecule has 0 aromatic carbocycles. The van der Waals surface area contributed by atoms with Crippen molar-refractivity contribution >= 4 is 56.4 Å². The van der Waals surface area contributed by atoms with E-state index in [1.165, 1.54) is 0 Å². The number of hydrogen-bond donors (Lipinski definition) is 0. The third-order valence-corrected chi connectivity index (χ3v) is 5.53. The third kappa shape index (κ3) is 5.33. The summed E-state index contributed by atoms with van der Waals surface area (Å²) in [5, 5.41) is 0.0625. The molecule has 0 spiro atoms. The Labute approximate surface area is 97.5 Å². The predicted octanol–water partition coefficient (Wildman–Crippen LogP) is 4.78. The van der Waals surface area contributed by atoms with Crippen molar-refractivity contribution in [2.45, 2.75) is 29.8 Å². The van der Waals surface area contributed by atoms with Crippen LogP contribution >= 0.6 is 56.4 Å². The molecule has 0 fully saturated rings. The number of halogens is 3. The van der Waals surface area contributed by atoms with Crippen molar-refractivity contribution in [3.63, 3.8) is 0 Å². The Bertz CT molecular complexity index is 122. The molecule has 0 aromatic rings. The normalized spacial score (nSPS) is 15.2. The molecular weight excluding hydrogens is 255 g/mol. The van der Waals surface area contributed by atoms with Gasteiger partial charge in [-0.2, -0.15) is 0 Å². The molecule has 0 amide bonds. The van der Waals surface area contributed by atoms with E-state index in [0.29, 0.717) is 5.92 Å². The fourth-order valence-corrected chi connectivity index (χ4v) is 4.88. The second kappa shape index (κ2) is 6.13. The first-order valence-corrected chi connectivity index (χ1v) is 7.26. The van der Waals surface area contributed by atoms with Crippen LogP contribution in [0.5, 0.6) is 0 Å². The largest absolute Gasteiger partial charge is 0.203 e. The maximum Gasteiger partial charge on any atom is 0.203 e. The molecule has 0 saturated carbocycles. The summed E-state index contributed by atoms with van der Waals surface area (Å²) in [6.45, 7) is 6.22. The van der Waals surface area contributed by atoms with Crippen molar-refractivity contribution in [3.8, 4) is 0 Å². The zero-order valence-corrected chi connectivity index (χ0v) is 11.2. The van der Waals surface area contributed by atoms with Crippen molar-refractivity contribution < 1.29 is 0 Å². The highest BCUT2D eigenvalue weighted by molar-refractivity contribution is 8.77. The van der Waals surface area contributed by atoms with Gasteiger partial charge in [0, 0.05) is 5.75 Å². The Hall–Kier alpha value is 1.57. The summed E-state index contributed by atoms with van der Waals surface area (Å²) in [7, 11) is 3.39. The SMILES string of the molecule is CCSS[C@@H](C(C)C)C(Cl)(Cl)Cl. The lowest BCUT2D eigenvalue weighted by Crippen LogP contribution is -2.26. The van der Waals surface area contributed by atoms with Crippen LogP contribution in [0.25, 0.3) is 0 Å². The molecule has 0 bridgehead atoms. The van der Waals surface area contributed by atoms with Gasteiger partial charge in [0.15, 0.2) is 0 Å². The molecular formula is C7H13Cl3S2. The lowest BCUT2D eigenvalue weighted by molar-refractivity contribution is 0.617. The molecule has 12 heavy (non-hydrogen) atoms. The van der Waals surface area contributed by atoms with Gasteiger partial charge in [-0.3, -0.25) is 0 Å². The van der Waals surface area contributed by atoms with Crippen LogP contribution in [0, 0.1) is 5.92 Å². The summed E-state index contributed by atoms with van der Waals surface area (Å²) >= 11 is 17.5. The molecule has 0 unspecified atom stereocenters. The van der Waals surface area contributed by atoms with Gasteiger partial charge in [0.25, 0.3) is 0 Å². The number of hydrogen-bond acceptors (Lipinski definition) is 2. The monoisotopic (exact) mass is 266 g/mol. The highest BCUT2D eigenvalue weighted by Crippen LogP contribution is 2.45. The molecule has 1 atom stereocenters. The average Bonchev–Trinajstić information content (AvgIpc) is 1.84. The van der Waals surface area contributed by atoms with Crippen molar-refractivity contribution in [1.82, 2.24) is 0 Å². The first-order valence-electron chi connectivity index (χ1n) is 3.74. The van der Waals surface area contributed by atoms with Crippen LogP contribution in [-0.2, 0) is 0 Å². The van der Waals surface area contributed by atoms with E-state index in [4.69, 9.17) is 34.8 Å². The van der Waals surface area contributed by atoms with Gasteiger partial charge in [0.1, 0.15) is 0 Å². The lowest BCUT2D eigenvalue weighted by Gasteiger charge is -2.26. The van der Waals surface area contributed by atoms with Gasteiger partial charge in [0.05, 0.1) is 5.25 Å². The molecule has 0 aliphatic carbocycles. The zero-order chi connectivity index (χ0) is 9.78.